The first kappa shape index (κ1) is 15.1. The van der Waals surface area contributed by atoms with E-state index in [2.05, 4.69) is 9.97 Å². The Bertz CT molecular complexity index is 637. The summed E-state index contributed by atoms with van der Waals surface area (Å²) in [6.45, 7) is 2.71. The van der Waals surface area contributed by atoms with Crippen LogP contribution in [0.15, 0.2) is 24.3 Å². The standard InChI is InChI=1S/C15H14Cl2N2OS/c1-9-4-2-3-5-10(9)12-13(16)18-15(19-14(12)17)11-8-21-7-6-20-11/h2-5,11H,6-8H2,1H3. The van der Waals surface area contributed by atoms with Gasteiger partial charge in [0.05, 0.1) is 12.2 Å². The van der Waals surface area contributed by atoms with E-state index in [0.717, 1.165) is 22.6 Å². The second-order valence-corrected chi connectivity index (χ2v) is 6.65. The van der Waals surface area contributed by atoms with Gasteiger partial charge in [-0.2, -0.15) is 11.8 Å². The predicted molar refractivity (Wildman–Crippen MR) is 88.2 cm³/mol. The number of rotatable bonds is 2. The first-order valence-electron chi connectivity index (χ1n) is 6.65. The molecule has 0 saturated carbocycles. The van der Waals surface area contributed by atoms with Crippen molar-refractivity contribution < 1.29 is 4.74 Å². The number of aromatic nitrogens is 2. The first-order valence-corrected chi connectivity index (χ1v) is 8.56. The Morgan fingerprint density at radius 2 is 1.90 bits per heavy atom. The molecule has 110 valence electrons. The van der Waals surface area contributed by atoms with Crippen LogP contribution in [0.3, 0.4) is 0 Å². The third-order valence-corrected chi connectivity index (χ3v) is 4.90. The Morgan fingerprint density at radius 1 is 1.19 bits per heavy atom. The van der Waals surface area contributed by atoms with Crippen LogP contribution in [0.25, 0.3) is 11.1 Å². The van der Waals surface area contributed by atoms with E-state index in [9.17, 15) is 0 Å². The summed E-state index contributed by atoms with van der Waals surface area (Å²) >= 11 is 14.5. The molecule has 3 nitrogen and oxygen atoms in total. The van der Waals surface area contributed by atoms with E-state index < -0.39 is 0 Å². The van der Waals surface area contributed by atoms with E-state index in [1.807, 2.05) is 43.0 Å². The van der Waals surface area contributed by atoms with Gasteiger partial charge in [-0.25, -0.2) is 9.97 Å². The van der Waals surface area contributed by atoms with Crippen LogP contribution in [-0.4, -0.2) is 28.1 Å². The Labute approximate surface area is 138 Å². The highest BCUT2D eigenvalue weighted by Crippen LogP contribution is 2.36. The number of halogens is 2. The quantitative estimate of drug-likeness (QED) is 0.750. The molecule has 1 atom stereocenters. The Balaban J connectivity index is 2.02. The van der Waals surface area contributed by atoms with Crippen molar-refractivity contribution in [3.63, 3.8) is 0 Å². The van der Waals surface area contributed by atoms with E-state index in [1.54, 1.807) is 0 Å². The average molecular weight is 341 g/mol. The van der Waals surface area contributed by atoms with Gasteiger partial charge in [0.25, 0.3) is 0 Å². The number of hydrogen-bond acceptors (Lipinski definition) is 4. The summed E-state index contributed by atoms with van der Waals surface area (Å²) in [5.74, 6) is 2.39. The molecule has 0 aliphatic carbocycles. The van der Waals surface area contributed by atoms with Crippen molar-refractivity contribution in [2.45, 2.75) is 13.0 Å². The molecule has 0 amide bonds. The number of thioether (sulfide) groups is 1. The maximum atomic E-state index is 6.36. The van der Waals surface area contributed by atoms with Gasteiger partial charge in [0.1, 0.15) is 16.4 Å². The molecular weight excluding hydrogens is 327 g/mol. The first-order chi connectivity index (χ1) is 10.2. The minimum Gasteiger partial charge on any atom is -0.368 e. The van der Waals surface area contributed by atoms with Crippen LogP contribution in [0.1, 0.15) is 17.5 Å². The maximum absolute atomic E-state index is 6.36. The summed E-state index contributed by atoms with van der Waals surface area (Å²) in [6.07, 6.45) is -0.135. The minimum atomic E-state index is -0.135. The van der Waals surface area contributed by atoms with Crippen molar-refractivity contribution in [2.75, 3.05) is 18.1 Å². The summed E-state index contributed by atoms with van der Waals surface area (Å²) in [4.78, 5) is 8.81. The molecular formula is C15H14Cl2N2OS. The third kappa shape index (κ3) is 3.19. The molecule has 21 heavy (non-hydrogen) atoms. The Morgan fingerprint density at radius 3 is 2.52 bits per heavy atom. The van der Waals surface area contributed by atoms with Crippen molar-refractivity contribution in [3.8, 4) is 11.1 Å². The van der Waals surface area contributed by atoms with Crippen molar-refractivity contribution in [1.29, 1.82) is 0 Å². The number of aryl methyl sites for hydroxylation is 1. The highest BCUT2D eigenvalue weighted by Gasteiger charge is 2.23. The van der Waals surface area contributed by atoms with Gasteiger partial charge in [-0.05, 0) is 18.1 Å². The molecule has 2 heterocycles. The molecule has 0 spiro atoms. The van der Waals surface area contributed by atoms with E-state index in [4.69, 9.17) is 27.9 Å². The van der Waals surface area contributed by atoms with Crippen LogP contribution in [-0.2, 0) is 4.74 Å². The largest absolute Gasteiger partial charge is 0.368 e. The zero-order valence-electron chi connectivity index (χ0n) is 11.5. The lowest BCUT2D eigenvalue weighted by atomic mass is 10.0. The molecule has 1 unspecified atom stereocenters. The fraction of sp³-hybridized carbons (Fsp3) is 0.333. The van der Waals surface area contributed by atoms with Gasteiger partial charge in [0.15, 0.2) is 5.82 Å². The third-order valence-electron chi connectivity index (χ3n) is 3.36. The highest BCUT2D eigenvalue weighted by molar-refractivity contribution is 7.99. The molecule has 6 heteroatoms. The monoisotopic (exact) mass is 340 g/mol. The molecule has 0 bridgehead atoms. The van der Waals surface area contributed by atoms with Gasteiger partial charge in [0, 0.05) is 11.5 Å². The molecule has 1 aromatic heterocycles. The van der Waals surface area contributed by atoms with Gasteiger partial charge in [-0.1, -0.05) is 47.5 Å². The molecule has 1 aromatic carbocycles. The number of ether oxygens (including phenoxy) is 1. The van der Waals surface area contributed by atoms with Crippen molar-refractivity contribution >= 4 is 35.0 Å². The zero-order valence-corrected chi connectivity index (χ0v) is 13.8. The molecule has 0 radical (unpaired) electrons. The Hall–Kier alpha value is -0.810. The van der Waals surface area contributed by atoms with E-state index in [0.29, 0.717) is 28.3 Å². The SMILES string of the molecule is Cc1ccccc1-c1c(Cl)nc(C2CSCCO2)nc1Cl. The van der Waals surface area contributed by atoms with Crippen molar-refractivity contribution in [3.05, 3.63) is 46.0 Å². The lowest BCUT2D eigenvalue weighted by Crippen LogP contribution is -2.18. The van der Waals surface area contributed by atoms with Crippen LogP contribution < -0.4 is 0 Å². The lowest BCUT2D eigenvalue weighted by molar-refractivity contribution is 0.0694. The molecule has 1 aliphatic heterocycles. The number of nitrogens with zero attached hydrogens (tertiary/aromatic N) is 2. The van der Waals surface area contributed by atoms with Gasteiger partial charge in [-0.15, -0.1) is 0 Å². The minimum absolute atomic E-state index is 0.135. The molecule has 3 rings (SSSR count). The number of benzene rings is 1. The lowest BCUT2D eigenvalue weighted by Gasteiger charge is -2.21. The van der Waals surface area contributed by atoms with Crippen LogP contribution in [0.4, 0.5) is 0 Å². The van der Waals surface area contributed by atoms with Gasteiger partial charge < -0.3 is 4.74 Å². The second-order valence-electron chi connectivity index (χ2n) is 4.79. The van der Waals surface area contributed by atoms with Gasteiger partial charge in [0.2, 0.25) is 0 Å². The van der Waals surface area contributed by atoms with Crippen LogP contribution in [0, 0.1) is 6.92 Å². The van der Waals surface area contributed by atoms with E-state index >= 15 is 0 Å². The second kappa shape index (κ2) is 6.53. The van der Waals surface area contributed by atoms with Crippen LogP contribution in [0.5, 0.6) is 0 Å². The van der Waals surface area contributed by atoms with Crippen LogP contribution >= 0.6 is 35.0 Å². The van der Waals surface area contributed by atoms with Crippen molar-refractivity contribution in [2.24, 2.45) is 0 Å². The maximum Gasteiger partial charge on any atom is 0.161 e. The highest BCUT2D eigenvalue weighted by atomic mass is 35.5. The molecule has 2 aromatic rings. The average Bonchev–Trinajstić information content (AvgIpc) is 2.49. The topological polar surface area (TPSA) is 35.0 Å². The van der Waals surface area contributed by atoms with Gasteiger partial charge in [-0.3, -0.25) is 0 Å². The van der Waals surface area contributed by atoms with Crippen LogP contribution in [0.2, 0.25) is 10.3 Å². The molecule has 1 saturated heterocycles. The van der Waals surface area contributed by atoms with Crippen molar-refractivity contribution in [1.82, 2.24) is 9.97 Å². The normalized spacial score (nSPS) is 18.7. The Kier molecular flexibility index (Phi) is 4.69. The van der Waals surface area contributed by atoms with Gasteiger partial charge >= 0.3 is 0 Å². The summed E-state index contributed by atoms with van der Waals surface area (Å²) < 4.78 is 5.68. The molecule has 0 N–H and O–H groups in total. The summed E-state index contributed by atoms with van der Waals surface area (Å²) in [7, 11) is 0. The van der Waals surface area contributed by atoms with E-state index in [-0.39, 0.29) is 6.10 Å². The zero-order chi connectivity index (χ0) is 14.8. The van der Waals surface area contributed by atoms with E-state index in [1.165, 1.54) is 0 Å². The smallest absolute Gasteiger partial charge is 0.161 e. The summed E-state index contributed by atoms with van der Waals surface area (Å²) in [5, 5.41) is 0.747. The predicted octanol–water partition coefficient (Wildman–Crippen LogP) is 4.56. The fourth-order valence-electron chi connectivity index (χ4n) is 2.28. The number of hydrogen-bond donors (Lipinski definition) is 0. The summed E-state index contributed by atoms with van der Waals surface area (Å²) in [6, 6.07) is 7.90. The fourth-order valence-corrected chi connectivity index (χ4v) is 3.72. The summed E-state index contributed by atoms with van der Waals surface area (Å²) in [5.41, 5.74) is 2.73. The molecule has 1 fully saturated rings. The molecule has 1 aliphatic rings.